The summed E-state index contributed by atoms with van der Waals surface area (Å²) in [4.78, 5) is 46.8. The van der Waals surface area contributed by atoms with Crippen molar-refractivity contribution in [2.45, 2.75) is 144 Å². The van der Waals surface area contributed by atoms with Gasteiger partial charge < -0.3 is 29.6 Å². The van der Waals surface area contributed by atoms with E-state index in [4.69, 9.17) is 18.9 Å². The van der Waals surface area contributed by atoms with Gasteiger partial charge in [-0.2, -0.15) is 0 Å². The minimum absolute atomic E-state index is 0.102. The van der Waals surface area contributed by atoms with Gasteiger partial charge in [-0.15, -0.1) is 0 Å². The van der Waals surface area contributed by atoms with Gasteiger partial charge in [0.1, 0.15) is 23.4 Å². The van der Waals surface area contributed by atoms with E-state index in [9.17, 15) is 19.2 Å². The molecule has 2 aliphatic heterocycles. The fourth-order valence-corrected chi connectivity index (χ4v) is 4.55. The first-order chi connectivity index (χ1) is 18.2. The van der Waals surface area contributed by atoms with Gasteiger partial charge >= 0.3 is 24.1 Å². The maximum atomic E-state index is 11.9. The minimum atomic E-state index is -0.536. The lowest BCUT2D eigenvalue weighted by Crippen LogP contribution is -2.46. The Labute approximate surface area is 241 Å². The van der Waals surface area contributed by atoms with Crippen LogP contribution in [0.3, 0.4) is 0 Å². The highest BCUT2D eigenvalue weighted by Crippen LogP contribution is 2.27. The van der Waals surface area contributed by atoms with E-state index in [0.29, 0.717) is 24.7 Å². The molecule has 10 heteroatoms. The summed E-state index contributed by atoms with van der Waals surface area (Å²) >= 11 is 0. The molecule has 2 aliphatic rings. The number of hydrogen-bond acceptors (Lipinski definition) is 8. The molecule has 0 aromatic heterocycles. The lowest BCUT2D eigenvalue weighted by Gasteiger charge is -2.27. The third-order valence-corrected chi connectivity index (χ3v) is 6.26. The molecule has 0 aliphatic carbocycles. The van der Waals surface area contributed by atoms with Crippen molar-refractivity contribution in [3.05, 3.63) is 0 Å². The number of carbonyl (C=O) groups excluding carboxylic acids is 4. The van der Waals surface area contributed by atoms with Gasteiger partial charge in [-0.25, -0.2) is 9.59 Å². The quantitative estimate of drug-likeness (QED) is 0.279. The first kappa shape index (κ1) is 35.5. The second-order valence-electron chi connectivity index (χ2n) is 14.0. The topological polar surface area (TPSA) is 129 Å². The Morgan fingerprint density at radius 3 is 1.23 bits per heavy atom. The van der Waals surface area contributed by atoms with Crippen LogP contribution in [0.5, 0.6) is 0 Å². The van der Waals surface area contributed by atoms with Gasteiger partial charge in [-0.1, -0.05) is 41.5 Å². The minimum Gasteiger partial charge on any atom is -0.460 e. The molecule has 2 amide bonds. The largest absolute Gasteiger partial charge is 0.460 e. The molecule has 0 saturated carbocycles. The zero-order chi connectivity index (χ0) is 31.0. The summed E-state index contributed by atoms with van der Waals surface area (Å²) in [5.74, 6) is 0.212. The lowest BCUT2D eigenvalue weighted by molar-refractivity contribution is -0.145. The molecular formula is C30H54N2O8. The monoisotopic (exact) mass is 570 g/mol. The summed E-state index contributed by atoms with van der Waals surface area (Å²) in [5, 5.41) is 5.70. The molecule has 232 valence electrons. The highest BCUT2D eigenvalue weighted by molar-refractivity contribution is 5.75. The fraction of sp³-hybridized carbons (Fsp3) is 0.867. The van der Waals surface area contributed by atoms with E-state index in [1.165, 1.54) is 0 Å². The molecule has 2 heterocycles. The predicted octanol–water partition coefficient (Wildman–Crippen LogP) is 5.75. The summed E-state index contributed by atoms with van der Waals surface area (Å²) in [6.07, 6.45) is 1.36. The SMILES string of the molecule is CC(C)C[C@H](NC(=O)OC(C)(C)C)C1C[C@@H](C)C(=O)O1.CC(C)C[C@H](NC(=O)OC(C)(C)C)C1C[C@H](C)C(=O)O1. The van der Waals surface area contributed by atoms with Crippen LogP contribution in [-0.2, 0) is 28.5 Å². The molecule has 0 spiro atoms. The number of nitrogens with one attached hydrogen (secondary N) is 2. The van der Waals surface area contributed by atoms with Gasteiger partial charge in [0.25, 0.3) is 0 Å². The van der Waals surface area contributed by atoms with E-state index in [1.54, 1.807) is 0 Å². The van der Waals surface area contributed by atoms with E-state index >= 15 is 0 Å². The number of cyclic esters (lactones) is 2. The molecule has 10 nitrogen and oxygen atoms in total. The third-order valence-electron chi connectivity index (χ3n) is 6.26. The Kier molecular flexibility index (Phi) is 13.2. The summed E-state index contributed by atoms with van der Waals surface area (Å²) < 4.78 is 21.3. The number of alkyl carbamates (subject to hydrolysis) is 2. The molecule has 0 aromatic rings. The summed E-state index contributed by atoms with van der Waals surface area (Å²) in [5.41, 5.74) is -1.07. The Hall–Kier alpha value is -2.52. The third kappa shape index (κ3) is 13.7. The van der Waals surface area contributed by atoms with Crippen LogP contribution in [0, 0.1) is 23.7 Å². The van der Waals surface area contributed by atoms with E-state index in [0.717, 1.165) is 12.8 Å². The number of carbonyl (C=O) groups is 4. The van der Waals surface area contributed by atoms with Crippen LogP contribution in [0.4, 0.5) is 9.59 Å². The Bertz CT molecular complexity index is 789. The number of hydrogen-bond donors (Lipinski definition) is 2. The van der Waals surface area contributed by atoms with E-state index < -0.39 is 23.4 Å². The van der Waals surface area contributed by atoms with Crippen molar-refractivity contribution >= 4 is 24.1 Å². The molecule has 2 rings (SSSR count). The van der Waals surface area contributed by atoms with E-state index in [-0.39, 0.29) is 48.1 Å². The number of rotatable bonds is 8. The smallest absolute Gasteiger partial charge is 0.408 e. The van der Waals surface area contributed by atoms with E-state index in [2.05, 4.69) is 38.3 Å². The van der Waals surface area contributed by atoms with Crippen molar-refractivity contribution in [2.24, 2.45) is 23.7 Å². The Morgan fingerprint density at radius 1 is 0.725 bits per heavy atom. The molecule has 2 N–H and O–H groups in total. The highest BCUT2D eigenvalue weighted by atomic mass is 16.6. The maximum absolute atomic E-state index is 11.9. The van der Waals surface area contributed by atoms with Crippen LogP contribution in [0.25, 0.3) is 0 Å². The van der Waals surface area contributed by atoms with Gasteiger partial charge in [0, 0.05) is 0 Å². The molecule has 0 radical (unpaired) electrons. The van der Waals surface area contributed by atoms with Gasteiger partial charge in [-0.05, 0) is 79.1 Å². The first-order valence-corrected chi connectivity index (χ1v) is 14.6. The van der Waals surface area contributed by atoms with Crippen molar-refractivity contribution in [2.75, 3.05) is 0 Å². The maximum Gasteiger partial charge on any atom is 0.408 e. The van der Waals surface area contributed by atoms with Crippen molar-refractivity contribution in [1.82, 2.24) is 10.6 Å². The average molecular weight is 571 g/mol. The van der Waals surface area contributed by atoms with Crippen LogP contribution in [0.1, 0.15) is 109 Å². The van der Waals surface area contributed by atoms with Crippen molar-refractivity contribution in [3.63, 3.8) is 0 Å². The second-order valence-corrected chi connectivity index (χ2v) is 14.0. The highest BCUT2D eigenvalue weighted by Gasteiger charge is 2.39. The van der Waals surface area contributed by atoms with Gasteiger partial charge in [0.2, 0.25) is 0 Å². The fourth-order valence-electron chi connectivity index (χ4n) is 4.55. The Morgan fingerprint density at radius 2 is 1.02 bits per heavy atom. The zero-order valence-electron chi connectivity index (χ0n) is 26.7. The average Bonchev–Trinajstić information content (AvgIpc) is 3.25. The molecule has 2 unspecified atom stereocenters. The molecule has 2 fully saturated rings. The molecular weight excluding hydrogens is 516 g/mol. The summed E-state index contributed by atoms with van der Waals surface area (Å²) in [6.45, 7) is 22.9. The number of amides is 2. The van der Waals surface area contributed by atoms with Crippen molar-refractivity contribution in [1.29, 1.82) is 0 Å². The summed E-state index contributed by atoms with van der Waals surface area (Å²) in [7, 11) is 0. The van der Waals surface area contributed by atoms with Crippen LogP contribution in [0.2, 0.25) is 0 Å². The van der Waals surface area contributed by atoms with Gasteiger partial charge in [-0.3, -0.25) is 9.59 Å². The number of ether oxygens (including phenoxy) is 4. The lowest BCUT2D eigenvalue weighted by atomic mass is 9.95. The summed E-state index contributed by atoms with van der Waals surface area (Å²) in [6, 6.07) is -0.391. The zero-order valence-corrected chi connectivity index (χ0v) is 26.7. The normalized spacial score (nSPS) is 24.4. The van der Waals surface area contributed by atoms with Crippen molar-refractivity contribution in [3.8, 4) is 0 Å². The van der Waals surface area contributed by atoms with Crippen LogP contribution in [0.15, 0.2) is 0 Å². The predicted molar refractivity (Wildman–Crippen MR) is 153 cm³/mol. The second kappa shape index (κ2) is 14.9. The number of esters is 2. The van der Waals surface area contributed by atoms with Crippen LogP contribution >= 0.6 is 0 Å². The van der Waals surface area contributed by atoms with Crippen LogP contribution in [-0.4, -0.2) is 59.6 Å². The van der Waals surface area contributed by atoms with E-state index in [1.807, 2.05) is 55.4 Å². The van der Waals surface area contributed by atoms with Crippen LogP contribution < -0.4 is 10.6 Å². The standard InChI is InChI=1S/2C15H27NO4/c2*1-9(2)7-11(12-8-10(3)13(17)19-12)16-14(18)20-15(4,5)6/h2*9-12H,7-8H2,1-6H3,(H,16,18)/t10-,11+,12?;10-,11-,12?/m10/s1. The molecule has 40 heavy (non-hydrogen) atoms. The van der Waals surface area contributed by atoms with Gasteiger partial charge in [0.05, 0.1) is 23.9 Å². The Balaban J connectivity index is 0.000000400. The molecule has 6 atom stereocenters. The van der Waals surface area contributed by atoms with Crippen molar-refractivity contribution < 1.29 is 38.1 Å². The molecule has 2 saturated heterocycles. The molecule has 0 aromatic carbocycles. The molecule has 0 bridgehead atoms. The van der Waals surface area contributed by atoms with Gasteiger partial charge in [0.15, 0.2) is 0 Å². The first-order valence-electron chi connectivity index (χ1n) is 14.6.